The van der Waals surface area contributed by atoms with Crippen LogP contribution < -0.4 is 10.1 Å². The molecule has 0 fully saturated rings. The van der Waals surface area contributed by atoms with Crippen LogP contribution in [0.2, 0.25) is 0 Å². The van der Waals surface area contributed by atoms with Crippen molar-refractivity contribution in [2.24, 2.45) is 5.92 Å². The number of hydrogen-bond acceptors (Lipinski definition) is 4. The number of rotatable bonds is 6. The van der Waals surface area contributed by atoms with Crippen molar-refractivity contribution in [3.63, 3.8) is 0 Å². The molecule has 0 bridgehead atoms. The van der Waals surface area contributed by atoms with Gasteiger partial charge in [-0.1, -0.05) is 13.8 Å². The zero-order valence-electron chi connectivity index (χ0n) is 11.9. The molecule has 0 saturated carbocycles. The Bertz CT molecular complexity index is 588. The number of halogens is 2. The summed E-state index contributed by atoms with van der Waals surface area (Å²) < 4.78 is 31.4. The number of benzene rings is 1. The van der Waals surface area contributed by atoms with E-state index in [1.807, 2.05) is 0 Å². The number of nitrogens with zero attached hydrogens (tertiary/aromatic N) is 2. The summed E-state index contributed by atoms with van der Waals surface area (Å²) in [5, 5.41) is 3.26. The maximum atomic E-state index is 13.4. The predicted molar refractivity (Wildman–Crippen MR) is 75.0 cm³/mol. The molecule has 6 heteroatoms. The lowest BCUT2D eigenvalue weighted by Crippen LogP contribution is -2.19. The predicted octanol–water partition coefficient (Wildman–Crippen LogP) is 3.29. The molecule has 0 aliphatic carbocycles. The number of ether oxygens (including phenoxy) is 1. The van der Waals surface area contributed by atoms with Gasteiger partial charge < -0.3 is 10.1 Å². The summed E-state index contributed by atoms with van der Waals surface area (Å²) >= 11 is 0. The molecule has 2 aromatic rings. The third kappa shape index (κ3) is 4.75. The maximum Gasteiger partial charge on any atom is 0.321 e. The van der Waals surface area contributed by atoms with Crippen LogP contribution in [-0.2, 0) is 6.54 Å². The quantitative estimate of drug-likeness (QED) is 0.887. The Hall–Kier alpha value is -2.08. The van der Waals surface area contributed by atoms with E-state index in [1.165, 1.54) is 6.07 Å². The zero-order valence-corrected chi connectivity index (χ0v) is 11.9. The van der Waals surface area contributed by atoms with Crippen LogP contribution in [0.1, 0.15) is 19.4 Å². The van der Waals surface area contributed by atoms with Crippen molar-refractivity contribution in [1.82, 2.24) is 15.3 Å². The van der Waals surface area contributed by atoms with Crippen LogP contribution in [0.25, 0.3) is 0 Å². The van der Waals surface area contributed by atoms with Gasteiger partial charge in [0, 0.05) is 30.6 Å². The van der Waals surface area contributed by atoms with E-state index in [0.717, 1.165) is 24.2 Å². The van der Waals surface area contributed by atoms with E-state index in [-0.39, 0.29) is 11.8 Å². The SMILES string of the molecule is CC(C)CNCc1cnc(Oc2ccc(F)cc2F)nc1. The number of aromatic nitrogens is 2. The van der Waals surface area contributed by atoms with Gasteiger partial charge in [0.1, 0.15) is 5.82 Å². The van der Waals surface area contributed by atoms with Gasteiger partial charge in [-0.3, -0.25) is 0 Å². The highest BCUT2D eigenvalue weighted by atomic mass is 19.1. The molecule has 1 N–H and O–H groups in total. The molecule has 112 valence electrons. The molecule has 0 aliphatic heterocycles. The van der Waals surface area contributed by atoms with Crippen LogP contribution in [0, 0.1) is 17.6 Å². The van der Waals surface area contributed by atoms with E-state index in [9.17, 15) is 8.78 Å². The lowest BCUT2D eigenvalue weighted by Gasteiger charge is -2.08. The summed E-state index contributed by atoms with van der Waals surface area (Å²) in [7, 11) is 0. The molecule has 1 heterocycles. The fourth-order valence-corrected chi connectivity index (χ4v) is 1.65. The summed E-state index contributed by atoms with van der Waals surface area (Å²) in [6.45, 7) is 5.80. The third-order valence-electron chi connectivity index (χ3n) is 2.66. The molecule has 0 radical (unpaired) electrons. The fourth-order valence-electron chi connectivity index (χ4n) is 1.65. The van der Waals surface area contributed by atoms with E-state index in [0.29, 0.717) is 12.5 Å². The van der Waals surface area contributed by atoms with Crippen molar-refractivity contribution in [2.45, 2.75) is 20.4 Å². The van der Waals surface area contributed by atoms with Crippen LogP contribution in [0.15, 0.2) is 30.6 Å². The third-order valence-corrected chi connectivity index (χ3v) is 2.66. The van der Waals surface area contributed by atoms with E-state index < -0.39 is 11.6 Å². The Morgan fingerprint density at radius 1 is 1.19 bits per heavy atom. The summed E-state index contributed by atoms with van der Waals surface area (Å²) in [6, 6.07) is 3.09. The summed E-state index contributed by atoms with van der Waals surface area (Å²) in [4.78, 5) is 8.00. The molecule has 2 rings (SSSR count). The maximum absolute atomic E-state index is 13.4. The van der Waals surface area contributed by atoms with E-state index in [1.54, 1.807) is 12.4 Å². The molecule has 0 aliphatic rings. The molecule has 21 heavy (non-hydrogen) atoms. The van der Waals surface area contributed by atoms with Crippen molar-refractivity contribution < 1.29 is 13.5 Å². The first-order valence-electron chi connectivity index (χ1n) is 6.69. The molecule has 0 atom stereocenters. The summed E-state index contributed by atoms with van der Waals surface area (Å²) in [5.74, 6) is -0.995. The van der Waals surface area contributed by atoms with E-state index in [4.69, 9.17) is 4.74 Å². The highest BCUT2D eigenvalue weighted by molar-refractivity contribution is 5.27. The molecular formula is C15H17F2N3O. The normalized spacial score (nSPS) is 10.9. The zero-order chi connectivity index (χ0) is 15.2. The Balaban J connectivity index is 1.95. The first-order valence-corrected chi connectivity index (χ1v) is 6.69. The van der Waals surface area contributed by atoms with Crippen molar-refractivity contribution >= 4 is 0 Å². The molecule has 1 aromatic heterocycles. The van der Waals surface area contributed by atoms with Crippen LogP contribution in [-0.4, -0.2) is 16.5 Å². The minimum atomic E-state index is -0.790. The molecule has 0 saturated heterocycles. The second kappa shape index (κ2) is 7.08. The van der Waals surface area contributed by atoms with Crippen molar-refractivity contribution in [2.75, 3.05) is 6.54 Å². The van der Waals surface area contributed by atoms with Crippen LogP contribution in [0.5, 0.6) is 11.8 Å². The Kier molecular flexibility index (Phi) is 5.16. The van der Waals surface area contributed by atoms with Crippen molar-refractivity contribution in [3.8, 4) is 11.8 Å². The minimum Gasteiger partial charge on any atom is -0.421 e. The largest absolute Gasteiger partial charge is 0.421 e. The van der Waals surface area contributed by atoms with Gasteiger partial charge in [0.2, 0.25) is 0 Å². The average molecular weight is 293 g/mol. The molecule has 4 nitrogen and oxygen atoms in total. The van der Waals surface area contributed by atoms with Gasteiger partial charge in [0.15, 0.2) is 11.6 Å². The highest BCUT2D eigenvalue weighted by Gasteiger charge is 2.08. The van der Waals surface area contributed by atoms with E-state index >= 15 is 0 Å². The van der Waals surface area contributed by atoms with Crippen LogP contribution in [0.4, 0.5) is 8.78 Å². The average Bonchev–Trinajstić information content (AvgIpc) is 2.43. The van der Waals surface area contributed by atoms with Crippen LogP contribution >= 0.6 is 0 Å². The number of nitrogens with one attached hydrogen (secondary N) is 1. The monoisotopic (exact) mass is 293 g/mol. The molecule has 0 unspecified atom stereocenters. The van der Waals surface area contributed by atoms with Gasteiger partial charge in [-0.05, 0) is 24.6 Å². The molecular weight excluding hydrogens is 276 g/mol. The van der Waals surface area contributed by atoms with Gasteiger partial charge >= 0.3 is 6.01 Å². The molecule has 0 amide bonds. The van der Waals surface area contributed by atoms with Gasteiger partial charge in [-0.25, -0.2) is 18.7 Å². The summed E-state index contributed by atoms with van der Waals surface area (Å²) in [5.41, 5.74) is 0.905. The van der Waals surface area contributed by atoms with Crippen molar-refractivity contribution in [3.05, 3.63) is 47.8 Å². The van der Waals surface area contributed by atoms with Crippen LogP contribution in [0.3, 0.4) is 0 Å². The Morgan fingerprint density at radius 2 is 1.90 bits per heavy atom. The van der Waals surface area contributed by atoms with Gasteiger partial charge in [-0.2, -0.15) is 0 Å². The standard InChI is InChI=1S/C15H17F2N3O/c1-10(2)6-18-7-11-8-19-15(20-9-11)21-14-4-3-12(16)5-13(14)17/h3-5,8-10,18H,6-7H2,1-2H3. The topological polar surface area (TPSA) is 47.0 Å². The fraction of sp³-hybridized carbons (Fsp3) is 0.333. The lowest BCUT2D eigenvalue weighted by molar-refractivity contribution is 0.407. The second-order valence-electron chi connectivity index (χ2n) is 5.08. The van der Waals surface area contributed by atoms with Gasteiger partial charge in [0.25, 0.3) is 0 Å². The molecule has 1 aromatic carbocycles. The van der Waals surface area contributed by atoms with Crippen molar-refractivity contribution in [1.29, 1.82) is 0 Å². The smallest absolute Gasteiger partial charge is 0.321 e. The Labute approximate surface area is 122 Å². The molecule has 0 spiro atoms. The highest BCUT2D eigenvalue weighted by Crippen LogP contribution is 2.22. The van der Waals surface area contributed by atoms with Gasteiger partial charge in [-0.15, -0.1) is 0 Å². The lowest BCUT2D eigenvalue weighted by atomic mass is 10.2. The first kappa shape index (κ1) is 15.3. The van der Waals surface area contributed by atoms with Gasteiger partial charge in [0.05, 0.1) is 0 Å². The minimum absolute atomic E-state index is 0.0214. The second-order valence-corrected chi connectivity index (χ2v) is 5.08. The number of hydrogen-bond donors (Lipinski definition) is 1. The summed E-state index contributed by atoms with van der Waals surface area (Å²) in [6.07, 6.45) is 3.22. The van der Waals surface area contributed by atoms with E-state index in [2.05, 4.69) is 29.1 Å². The Morgan fingerprint density at radius 3 is 2.52 bits per heavy atom. The first-order chi connectivity index (χ1) is 10.0.